The molecule has 6 aromatic rings. The van der Waals surface area contributed by atoms with E-state index in [9.17, 15) is 35.2 Å². The quantitative estimate of drug-likeness (QED) is 0.103. The molecule has 3 atom stereocenters. The van der Waals surface area contributed by atoms with Gasteiger partial charge >= 0.3 is 0 Å². The number of sulfonamides is 3. The number of benzene rings is 3. The van der Waals surface area contributed by atoms with Crippen molar-refractivity contribution in [2.24, 2.45) is 17.8 Å². The van der Waals surface area contributed by atoms with Gasteiger partial charge in [-0.25, -0.2) is 38.2 Å². The summed E-state index contributed by atoms with van der Waals surface area (Å²) >= 11 is 19.1. The number of carbonyl (C=O) groups excluding carboxylic acids is 1. The molecule has 6 aliphatic rings. The smallest absolute Gasteiger partial charge is 0.211 e. The van der Waals surface area contributed by atoms with E-state index in [0.717, 1.165) is 120 Å². The average Bonchev–Trinajstić information content (AvgIpc) is 1.58. The molecule has 3 fully saturated rings. The number of carbonyl (C=O) groups is 1. The molecule has 3 aromatic heterocycles. The monoisotopic (exact) mass is 1360 g/mol. The lowest BCUT2D eigenvalue weighted by Crippen LogP contribution is -2.39. The van der Waals surface area contributed by atoms with Gasteiger partial charge < -0.3 is 9.90 Å². The second kappa shape index (κ2) is 31.0. The molecule has 92 heavy (non-hydrogen) atoms. The van der Waals surface area contributed by atoms with Gasteiger partial charge in [0.25, 0.3) is 0 Å². The lowest BCUT2D eigenvalue weighted by atomic mass is 9.76. The normalized spacial score (nSPS) is 19.9. The van der Waals surface area contributed by atoms with Crippen LogP contribution in [0.4, 0.5) is 0 Å². The molecule has 492 valence electrons. The van der Waals surface area contributed by atoms with E-state index >= 15 is 0 Å². The number of piperidine rings is 3. The van der Waals surface area contributed by atoms with Crippen LogP contribution in [-0.2, 0) is 34.9 Å². The summed E-state index contributed by atoms with van der Waals surface area (Å²) in [6.45, 7) is 7.23. The molecule has 0 radical (unpaired) electrons. The van der Waals surface area contributed by atoms with E-state index in [1.807, 2.05) is 67.1 Å². The highest BCUT2D eigenvalue weighted by Crippen LogP contribution is 2.49. The minimum absolute atomic E-state index is 0. The van der Waals surface area contributed by atoms with Crippen LogP contribution in [-0.4, -0.2) is 129 Å². The number of nitrogens with zero attached hydrogens (tertiary/aromatic N) is 6. The topological polar surface area (TPSA) is 188 Å². The van der Waals surface area contributed by atoms with Gasteiger partial charge in [-0.2, -0.15) is 0 Å². The maximum absolute atomic E-state index is 12.0. The lowest BCUT2D eigenvalue weighted by molar-refractivity contribution is -0.116. The molecule has 20 heteroatoms. The third-order valence-corrected chi connectivity index (χ3v) is 23.7. The van der Waals surface area contributed by atoms with Gasteiger partial charge in [-0.1, -0.05) is 110 Å². The predicted molar refractivity (Wildman–Crippen MR) is 376 cm³/mol. The summed E-state index contributed by atoms with van der Waals surface area (Å²) in [6.07, 6.45) is 26.7. The standard InChI is InChI=1S/C24H27ClN2O3S.C24H29ClN2O2S.C23H27ClN2O3S.CH4/c1-16(28)5-6-18-14-19-15-20(25)7-8-21(19)23(24-22(18)4-3-11-26-24)17-9-12-27(13-10-17)31(2,29)30;1-3-4-6-18-15-19-16-20(25)8-9-21(19)23(24-22(18)7-5-12-26-24)17-10-13-27(14-11-17)30(2,28)29;1-30(28,29)26-11-8-16(9-12-26)22-20-7-6-19(24)15-18(20)14-17(4-3-13-27)21-5-2-10-25-23(21)22;/h3-4,7-8,11,14-15,17,23H,5-6,9-10,12-13H2,1-2H3;5,7-9,12,15-17,23H,3-4,6,10-11,13-14H2,1-2H3;2,5-7,10,14-16,22,27H,3-4,8-9,11-13H2,1H3;1H4. The zero-order chi connectivity index (χ0) is 64.8. The molecule has 0 saturated carbocycles. The van der Waals surface area contributed by atoms with Gasteiger partial charge in [-0.15, -0.1) is 0 Å². The van der Waals surface area contributed by atoms with Crippen molar-refractivity contribution >= 4 is 106 Å². The molecular weight excluding hydrogens is 1280 g/mol. The largest absolute Gasteiger partial charge is 0.396 e. The molecule has 0 spiro atoms. The molecule has 3 aromatic carbocycles. The van der Waals surface area contributed by atoms with Crippen molar-refractivity contribution in [3.8, 4) is 0 Å². The maximum atomic E-state index is 12.0. The highest BCUT2D eigenvalue weighted by Gasteiger charge is 2.39. The Kier molecular flexibility index (Phi) is 23.9. The van der Waals surface area contributed by atoms with E-state index in [1.54, 1.807) is 19.8 Å². The number of hydrogen-bond donors (Lipinski definition) is 1. The first-order valence-electron chi connectivity index (χ1n) is 31.8. The SMILES string of the molecule is C.CC(=O)CCC1=Cc2cc(Cl)ccc2C(C2CCN(S(C)(=O)=O)CC2)c2ncccc21.CCCCC1=Cc2cc(Cl)ccc2C(C2CCN(S(C)(=O)=O)CC2)c2ncccc21.CS(=O)(=O)N1CCC(C2c3ccc(Cl)cc3C=C(CCCO)c3cccnc32)CC1. The Morgan fingerprint density at radius 1 is 0.489 bits per heavy atom. The van der Waals surface area contributed by atoms with Crippen molar-refractivity contribution in [2.75, 3.05) is 64.6 Å². The number of aromatic nitrogens is 3. The predicted octanol–water partition coefficient (Wildman–Crippen LogP) is 15.1. The van der Waals surface area contributed by atoms with Crippen LogP contribution in [0, 0.1) is 17.8 Å². The molecule has 12 rings (SSSR count). The van der Waals surface area contributed by atoms with Crippen LogP contribution in [0.1, 0.15) is 190 Å². The molecule has 3 aliphatic heterocycles. The van der Waals surface area contributed by atoms with Crippen LogP contribution in [0.3, 0.4) is 0 Å². The van der Waals surface area contributed by atoms with E-state index in [0.29, 0.717) is 80.4 Å². The number of ketones is 1. The van der Waals surface area contributed by atoms with E-state index < -0.39 is 30.1 Å². The summed E-state index contributed by atoms with van der Waals surface area (Å²) in [7, 11) is -9.49. The number of rotatable bonds is 15. The Bertz CT molecular complexity index is 3910. The Morgan fingerprint density at radius 2 is 0.793 bits per heavy atom. The highest BCUT2D eigenvalue weighted by atomic mass is 35.5. The van der Waals surface area contributed by atoms with Crippen LogP contribution in [0.25, 0.3) is 34.9 Å². The average molecular weight is 1370 g/mol. The summed E-state index contributed by atoms with van der Waals surface area (Å²) in [5, 5.41) is 11.5. The van der Waals surface area contributed by atoms with Gasteiger partial charge in [0.15, 0.2) is 0 Å². The third-order valence-electron chi connectivity index (χ3n) is 19.0. The van der Waals surface area contributed by atoms with Gasteiger partial charge in [0.1, 0.15) is 5.78 Å². The summed E-state index contributed by atoms with van der Waals surface area (Å²) in [4.78, 5) is 26.2. The Morgan fingerprint density at radius 3 is 1.08 bits per heavy atom. The fraction of sp³-hybridized carbons (Fsp3) is 0.444. The molecule has 0 bridgehead atoms. The van der Waals surface area contributed by atoms with Crippen molar-refractivity contribution in [3.63, 3.8) is 0 Å². The van der Waals surface area contributed by atoms with Crippen LogP contribution in [0.5, 0.6) is 0 Å². The molecule has 6 heterocycles. The van der Waals surface area contributed by atoms with Gasteiger partial charge in [-0.3, -0.25) is 15.0 Å². The second-order valence-electron chi connectivity index (χ2n) is 25.2. The van der Waals surface area contributed by atoms with Crippen molar-refractivity contribution in [1.29, 1.82) is 0 Å². The molecule has 0 amide bonds. The first-order valence-corrected chi connectivity index (χ1v) is 38.5. The fourth-order valence-electron chi connectivity index (χ4n) is 14.5. The molecule has 1 N–H and O–H groups in total. The Balaban J connectivity index is 0.000000162. The van der Waals surface area contributed by atoms with E-state index in [4.69, 9.17) is 49.8 Å². The Labute approximate surface area is 561 Å². The number of unbranched alkanes of at least 4 members (excludes halogenated alkanes) is 1. The Hall–Kier alpha value is -5.44. The summed E-state index contributed by atoms with van der Waals surface area (Å²) in [6, 6.07) is 30.5. The molecule has 3 unspecified atom stereocenters. The number of Topliss-reactive ketones (excluding diaryl/α,β-unsaturated/α-hetero) is 1. The van der Waals surface area contributed by atoms with Gasteiger partial charge in [-0.05, 0) is 217 Å². The van der Waals surface area contributed by atoms with Gasteiger partial charge in [0, 0.05) is 104 Å². The van der Waals surface area contributed by atoms with E-state index in [2.05, 4.69) is 67.6 Å². The van der Waals surface area contributed by atoms with Crippen molar-refractivity contribution in [2.45, 2.75) is 122 Å². The minimum atomic E-state index is -3.18. The number of aliphatic hydroxyl groups excluding tert-OH is 1. The number of allylic oxidation sites excluding steroid dienone is 3. The highest BCUT2D eigenvalue weighted by molar-refractivity contribution is 7.88. The second-order valence-corrected chi connectivity index (χ2v) is 32.5. The van der Waals surface area contributed by atoms with Gasteiger partial charge in [0.2, 0.25) is 30.1 Å². The maximum Gasteiger partial charge on any atom is 0.211 e. The number of pyridine rings is 3. The molecule has 14 nitrogen and oxygen atoms in total. The third kappa shape index (κ3) is 16.8. The molecular formula is C72H87Cl3N6O8S3. The zero-order valence-corrected chi connectivity index (χ0v) is 57.3. The number of hydrogen-bond acceptors (Lipinski definition) is 11. The van der Waals surface area contributed by atoms with Crippen LogP contribution in [0.15, 0.2) is 110 Å². The van der Waals surface area contributed by atoms with Crippen LogP contribution in [0.2, 0.25) is 15.1 Å². The van der Waals surface area contributed by atoms with Crippen molar-refractivity contribution < 1.29 is 35.2 Å². The zero-order valence-electron chi connectivity index (χ0n) is 52.6. The van der Waals surface area contributed by atoms with Crippen molar-refractivity contribution in [3.05, 3.63) is 192 Å². The minimum Gasteiger partial charge on any atom is -0.396 e. The first-order chi connectivity index (χ1) is 43.5. The number of halogens is 3. The summed E-state index contributed by atoms with van der Waals surface area (Å²) < 4.78 is 76.7. The fourth-order valence-corrected chi connectivity index (χ4v) is 17.7. The van der Waals surface area contributed by atoms with E-state index in [-0.39, 0.29) is 43.5 Å². The summed E-state index contributed by atoms with van der Waals surface area (Å²) in [5.41, 5.74) is 17.1. The lowest BCUT2D eigenvalue weighted by Gasteiger charge is -2.35. The molecule has 3 saturated heterocycles. The van der Waals surface area contributed by atoms with Gasteiger partial charge in [0.05, 0.1) is 35.8 Å². The van der Waals surface area contributed by atoms with Crippen LogP contribution < -0.4 is 0 Å². The first kappa shape index (κ1) is 70.9. The number of aliphatic hydroxyl groups is 1. The van der Waals surface area contributed by atoms with Crippen molar-refractivity contribution in [1.82, 2.24) is 27.9 Å². The number of fused-ring (bicyclic) bond motifs is 6. The van der Waals surface area contributed by atoms with E-state index in [1.165, 1.54) is 52.2 Å². The van der Waals surface area contributed by atoms with Crippen LogP contribution >= 0.6 is 34.8 Å². The molecule has 3 aliphatic carbocycles. The summed E-state index contributed by atoms with van der Waals surface area (Å²) in [5.74, 6) is 1.34.